The van der Waals surface area contributed by atoms with Gasteiger partial charge >= 0.3 is 0 Å². The summed E-state index contributed by atoms with van der Waals surface area (Å²) in [5.74, 6) is 0.634. The van der Waals surface area contributed by atoms with Crippen LogP contribution in [0.15, 0.2) is 113 Å². The summed E-state index contributed by atoms with van der Waals surface area (Å²) in [5.41, 5.74) is 11.6. The molecule has 5 aromatic rings. The Kier molecular flexibility index (Phi) is 6.25. The quantitative estimate of drug-likeness (QED) is 0.166. The molecular weight excluding hydrogens is 478 g/mol. The molecule has 6 rings (SSSR count). The average molecular weight is 508 g/mol. The van der Waals surface area contributed by atoms with Gasteiger partial charge in [0.1, 0.15) is 0 Å². The summed E-state index contributed by atoms with van der Waals surface area (Å²) in [4.78, 5) is 12.9. The zero-order valence-electron chi connectivity index (χ0n) is 21.7. The second-order valence-electron chi connectivity index (χ2n) is 10.1. The number of aromatic amines is 1. The third-order valence-corrected chi connectivity index (χ3v) is 7.24. The number of amidine groups is 2. The van der Waals surface area contributed by atoms with Gasteiger partial charge in [0.15, 0.2) is 11.7 Å². The summed E-state index contributed by atoms with van der Waals surface area (Å²) in [5, 5.41) is 12.2. The number of anilines is 1. The van der Waals surface area contributed by atoms with Crippen molar-refractivity contribution in [2.24, 2.45) is 9.98 Å². The molecule has 4 N–H and O–H groups in total. The maximum atomic E-state index is 8.53. The van der Waals surface area contributed by atoms with Crippen LogP contribution >= 0.6 is 0 Å². The van der Waals surface area contributed by atoms with E-state index in [1.54, 1.807) is 6.21 Å². The Bertz CT molecular complexity index is 1860. The Morgan fingerprint density at radius 3 is 2.36 bits per heavy atom. The van der Waals surface area contributed by atoms with E-state index in [-0.39, 0.29) is 11.3 Å². The van der Waals surface area contributed by atoms with Crippen LogP contribution in [0.2, 0.25) is 0 Å². The lowest BCUT2D eigenvalue weighted by atomic mass is 9.76. The van der Waals surface area contributed by atoms with Gasteiger partial charge in [-0.25, -0.2) is 9.98 Å². The van der Waals surface area contributed by atoms with Crippen molar-refractivity contribution < 1.29 is 0 Å². The molecule has 0 spiro atoms. The van der Waals surface area contributed by atoms with E-state index >= 15 is 0 Å². The van der Waals surface area contributed by atoms with E-state index in [2.05, 4.69) is 65.5 Å². The number of hydrogen-bond donors (Lipinski definition) is 3. The Morgan fingerprint density at radius 1 is 0.897 bits per heavy atom. The molecule has 1 aliphatic rings. The first-order valence-corrected chi connectivity index (χ1v) is 13.0. The first kappa shape index (κ1) is 24.3. The zero-order valence-corrected chi connectivity index (χ0v) is 21.7. The summed E-state index contributed by atoms with van der Waals surface area (Å²) < 4.78 is 0. The van der Waals surface area contributed by atoms with Crippen LogP contribution in [0, 0.1) is 5.41 Å². The highest BCUT2D eigenvalue weighted by Crippen LogP contribution is 2.33. The molecule has 5 heteroatoms. The van der Waals surface area contributed by atoms with Crippen molar-refractivity contribution in [2.75, 3.05) is 5.73 Å². The molecule has 1 heterocycles. The van der Waals surface area contributed by atoms with Crippen LogP contribution in [0.25, 0.3) is 23.1 Å². The molecule has 190 valence electrons. The maximum absolute atomic E-state index is 8.53. The first-order chi connectivity index (χ1) is 19.0. The van der Waals surface area contributed by atoms with Crippen LogP contribution in [-0.2, 0) is 5.41 Å². The molecule has 1 atom stereocenters. The van der Waals surface area contributed by atoms with Crippen LogP contribution in [-0.4, -0.2) is 22.9 Å². The smallest absolute Gasteiger partial charge is 0.161 e. The zero-order chi connectivity index (χ0) is 26.8. The van der Waals surface area contributed by atoms with Gasteiger partial charge in [-0.15, -0.1) is 0 Å². The summed E-state index contributed by atoms with van der Waals surface area (Å²) in [6.07, 6.45) is 7.28. The van der Waals surface area contributed by atoms with E-state index in [0.29, 0.717) is 11.5 Å². The number of hydrogen-bond acceptors (Lipinski definition) is 2. The van der Waals surface area contributed by atoms with E-state index in [0.717, 1.165) is 34.2 Å². The third kappa shape index (κ3) is 4.94. The van der Waals surface area contributed by atoms with E-state index in [9.17, 15) is 0 Å². The number of aliphatic imine (C=N–C) groups is 2. The number of nitrogen functional groups attached to an aromatic ring is 1. The number of rotatable bonds is 4. The highest BCUT2D eigenvalue weighted by atomic mass is 14.9. The van der Waals surface area contributed by atoms with Crippen LogP contribution < -0.4 is 16.3 Å². The minimum atomic E-state index is -0.221. The fraction of sp³-hybridized carbons (Fsp3) is 0.0882. The molecular formula is C34H29N5. The number of aromatic nitrogens is 1. The number of H-pyrrole nitrogens is 1. The molecule has 0 saturated carbocycles. The predicted octanol–water partition coefficient (Wildman–Crippen LogP) is 5.56. The highest BCUT2D eigenvalue weighted by Gasteiger charge is 2.26. The molecule has 1 aliphatic carbocycles. The second kappa shape index (κ2) is 10.0. The molecule has 1 aromatic heterocycles. The number of benzene rings is 4. The molecule has 1 unspecified atom stereocenters. The van der Waals surface area contributed by atoms with Gasteiger partial charge in [0, 0.05) is 49.9 Å². The molecule has 0 radical (unpaired) electrons. The van der Waals surface area contributed by atoms with Crippen molar-refractivity contribution in [3.05, 3.63) is 136 Å². The SMILES string of the molecule is CC1(c2cc(N)cc(C=NC(=NC(=N)c3ccccc3)c3ccccc3)c2)C=c2c([nH]c3ccccc23)=CC1. The monoisotopic (exact) mass is 507 g/mol. The third-order valence-electron chi connectivity index (χ3n) is 7.24. The number of nitrogens with one attached hydrogen (secondary N) is 2. The van der Waals surface area contributed by atoms with Crippen molar-refractivity contribution in [3.63, 3.8) is 0 Å². The van der Waals surface area contributed by atoms with Crippen LogP contribution in [0.1, 0.15) is 35.6 Å². The summed E-state index contributed by atoms with van der Waals surface area (Å²) >= 11 is 0. The average Bonchev–Trinajstić information content (AvgIpc) is 3.33. The summed E-state index contributed by atoms with van der Waals surface area (Å²) in [7, 11) is 0. The fourth-order valence-electron chi connectivity index (χ4n) is 5.13. The topological polar surface area (TPSA) is 90.4 Å². The van der Waals surface area contributed by atoms with Crippen molar-refractivity contribution in [2.45, 2.75) is 18.8 Å². The van der Waals surface area contributed by atoms with Gasteiger partial charge in [-0.05, 0) is 41.8 Å². The Labute approximate surface area is 227 Å². The summed E-state index contributed by atoms with van der Waals surface area (Å²) in [6.45, 7) is 2.25. The van der Waals surface area contributed by atoms with Gasteiger partial charge < -0.3 is 10.7 Å². The lowest BCUT2D eigenvalue weighted by Gasteiger charge is -2.28. The molecule has 0 fully saturated rings. The molecule has 0 saturated heterocycles. The van der Waals surface area contributed by atoms with Gasteiger partial charge in [-0.1, -0.05) is 97.9 Å². The largest absolute Gasteiger partial charge is 0.399 e. The molecule has 0 bridgehead atoms. The lowest BCUT2D eigenvalue weighted by molar-refractivity contribution is 0.653. The summed E-state index contributed by atoms with van der Waals surface area (Å²) in [6, 6.07) is 33.8. The Balaban J connectivity index is 1.38. The number of nitrogens with two attached hydrogens (primary N) is 1. The highest BCUT2D eigenvalue weighted by molar-refractivity contribution is 6.13. The van der Waals surface area contributed by atoms with Gasteiger partial charge in [0.2, 0.25) is 0 Å². The second-order valence-corrected chi connectivity index (χ2v) is 10.1. The van der Waals surface area contributed by atoms with E-state index in [1.807, 2.05) is 66.7 Å². The molecule has 4 aromatic carbocycles. The van der Waals surface area contributed by atoms with Crippen molar-refractivity contribution in [3.8, 4) is 0 Å². The van der Waals surface area contributed by atoms with Gasteiger partial charge in [0.05, 0.1) is 0 Å². The molecule has 5 nitrogen and oxygen atoms in total. The predicted molar refractivity (Wildman–Crippen MR) is 163 cm³/mol. The molecule has 0 amide bonds. The minimum Gasteiger partial charge on any atom is -0.399 e. The lowest BCUT2D eigenvalue weighted by Crippen LogP contribution is -2.34. The standard InChI is InChI=1S/C34H29N5/c1-34(17-16-31-29(21-34)28-14-8-9-15-30(28)38-31)26-18-23(19-27(35)20-26)22-37-33(25-12-6-3-7-13-25)39-32(36)24-10-4-2-5-11-24/h2-16,18-22,36,38H,17,35H2,1H3. The van der Waals surface area contributed by atoms with Gasteiger partial charge in [-0.3, -0.25) is 5.41 Å². The Hall–Kier alpha value is -5.03. The number of para-hydroxylation sites is 1. The molecule has 39 heavy (non-hydrogen) atoms. The molecule has 0 aliphatic heterocycles. The van der Waals surface area contributed by atoms with Crippen LogP contribution in [0.4, 0.5) is 5.69 Å². The van der Waals surface area contributed by atoms with E-state index in [4.69, 9.17) is 16.1 Å². The fourth-order valence-corrected chi connectivity index (χ4v) is 5.13. The van der Waals surface area contributed by atoms with Gasteiger partial charge in [-0.2, -0.15) is 0 Å². The first-order valence-electron chi connectivity index (χ1n) is 13.0. The van der Waals surface area contributed by atoms with Crippen molar-refractivity contribution in [1.82, 2.24) is 4.98 Å². The number of fused-ring (bicyclic) bond motifs is 3. The number of nitrogens with zero attached hydrogens (tertiary/aromatic N) is 2. The maximum Gasteiger partial charge on any atom is 0.161 e. The normalized spacial score (nSPS) is 17.0. The van der Waals surface area contributed by atoms with E-state index in [1.165, 1.54) is 16.0 Å². The van der Waals surface area contributed by atoms with Crippen LogP contribution in [0.5, 0.6) is 0 Å². The van der Waals surface area contributed by atoms with E-state index < -0.39 is 0 Å². The van der Waals surface area contributed by atoms with Gasteiger partial charge in [0.25, 0.3) is 0 Å². The van der Waals surface area contributed by atoms with Crippen molar-refractivity contribution >= 4 is 46.6 Å². The van der Waals surface area contributed by atoms with Crippen LogP contribution in [0.3, 0.4) is 0 Å². The minimum absolute atomic E-state index is 0.161. The Morgan fingerprint density at radius 2 is 1.59 bits per heavy atom. The van der Waals surface area contributed by atoms with Crippen molar-refractivity contribution in [1.29, 1.82) is 5.41 Å².